The van der Waals surface area contributed by atoms with Crippen LogP contribution in [0.3, 0.4) is 0 Å². The first kappa shape index (κ1) is 36.8. The Labute approximate surface area is 266 Å². The topological polar surface area (TPSA) is 146 Å². The molecule has 0 saturated carbocycles. The Morgan fingerprint density at radius 1 is 1.07 bits per heavy atom. The van der Waals surface area contributed by atoms with Gasteiger partial charge in [0.15, 0.2) is 0 Å². The lowest BCUT2D eigenvalue weighted by Crippen LogP contribution is -2.55. The summed E-state index contributed by atoms with van der Waals surface area (Å²) >= 11 is 0. The van der Waals surface area contributed by atoms with Gasteiger partial charge < -0.3 is 25.6 Å². The molecule has 246 valence electrons. The minimum atomic E-state index is -1.14. The maximum atomic E-state index is 13.3. The normalized spacial score (nSPS) is 16.4. The number of amides is 5. The Kier molecular flexibility index (Phi) is 14.5. The van der Waals surface area contributed by atoms with Crippen LogP contribution in [0.25, 0.3) is 0 Å². The van der Waals surface area contributed by atoms with Gasteiger partial charge in [0, 0.05) is 31.2 Å². The summed E-state index contributed by atoms with van der Waals surface area (Å²) in [6, 6.07) is 7.44. The van der Waals surface area contributed by atoms with Gasteiger partial charge in [0.2, 0.25) is 23.6 Å². The molecule has 5 amide bonds. The molecule has 1 saturated heterocycles. The van der Waals surface area contributed by atoms with Crippen LogP contribution in [0.5, 0.6) is 0 Å². The number of nitrogens with zero attached hydrogens (tertiary/aromatic N) is 1. The van der Waals surface area contributed by atoms with E-state index in [1.54, 1.807) is 25.7 Å². The number of nitrogens with one attached hydrogen (secondary N) is 4. The predicted octanol–water partition coefficient (Wildman–Crippen LogP) is 3.67. The van der Waals surface area contributed by atoms with Crippen LogP contribution in [0, 0.1) is 0 Å². The van der Waals surface area contributed by atoms with Crippen molar-refractivity contribution < 1.29 is 28.7 Å². The van der Waals surface area contributed by atoms with Crippen LogP contribution in [-0.2, 0) is 30.3 Å². The molecule has 4 N–H and O–H groups in total. The summed E-state index contributed by atoms with van der Waals surface area (Å²) in [5.74, 6) is -1.70. The summed E-state index contributed by atoms with van der Waals surface area (Å²) in [5.41, 5.74) is 1.10. The molecular formula is C34H49N5O6. The van der Waals surface area contributed by atoms with E-state index in [2.05, 4.69) is 34.4 Å². The number of alkyl carbamates (subject to hydrolysis) is 1. The highest BCUT2D eigenvalue weighted by Crippen LogP contribution is 2.18. The molecule has 2 rings (SSSR count). The second-order valence-electron chi connectivity index (χ2n) is 12.3. The number of carbonyl (C=O) groups excluding carboxylic acids is 5. The van der Waals surface area contributed by atoms with Crippen molar-refractivity contribution >= 4 is 29.7 Å². The van der Waals surface area contributed by atoms with Gasteiger partial charge >= 0.3 is 6.09 Å². The number of aryl methyl sites for hydroxylation is 1. The molecule has 1 aromatic rings. The molecule has 1 fully saturated rings. The average Bonchev–Trinajstić information content (AvgIpc) is 2.97. The molecule has 45 heavy (non-hydrogen) atoms. The van der Waals surface area contributed by atoms with Crippen molar-refractivity contribution in [1.82, 2.24) is 26.2 Å². The summed E-state index contributed by atoms with van der Waals surface area (Å²) < 4.78 is 5.20. The Balaban J connectivity index is 2.01. The van der Waals surface area contributed by atoms with Crippen molar-refractivity contribution in [3.05, 3.63) is 72.5 Å². The molecule has 0 radical (unpaired) electrons. The molecule has 0 aliphatic carbocycles. The van der Waals surface area contributed by atoms with Crippen LogP contribution in [0.4, 0.5) is 4.79 Å². The van der Waals surface area contributed by atoms with E-state index in [1.807, 2.05) is 37.3 Å². The summed E-state index contributed by atoms with van der Waals surface area (Å²) in [7, 11) is 0. The van der Waals surface area contributed by atoms with Gasteiger partial charge in [-0.25, -0.2) is 4.79 Å². The van der Waals surface area contributed by atoms with E-state index in [9.17, 15) is 24.0 Å². The number of benzene rings is 1. The average molecular weight is 624 g/mol. The third-order valence-electron chi connectivity index (χ3n) is 7.14. The number of piperidine rings is 1. The van der Waals surface area contributed by atoms with E-state index in [4.69, 9.17) is 4.74 Å². The quantitative estimate of drug-likeness (QED) is 0.233. The molecule has 11 heteroatoms. The van der Waals surface area contributed by atoms with Crippen LogP contribution in [-0.4, -0.2) is 71.4 Å². The van der Waals surface area contributed by atoms with Crippen LogP contribution in [0.1, 0.15) is 72.3 Å². The largest absolute Gasteiger partial charge is 0.444 e. The summed E-state index contributed by atoms with van der Waals surface area (Å²) in [6.07, 6.45) is 5.59. The lowest BCUT2D eigenvalue weighted by molar-refractivity contribution is -0.139. The summed E-state index contributed by atoms with van der Waals surface area (Å²) in [4.78, 5) is 66.0. The molecule has 11 nitrogen and oxygen atoms in total. The van der Waals surface area contributed by atoms with E-state index in [-0.39, 0.29) is 42.9 Å². The van der Waals surface area contributed by atoms with Crippen molar-refractivity contribution in [2.24, 2.45) is 0 Å². The fraction of sp³-hybridized carbons (Fsp3) is 0.500. The zero-order valence-corrected chi connectivity index (χ0v) is 27.2. The van der Waals surface area contributed by atoms with Gasteiger partial charge in [-0.15, -0.1) is 0 Å². The van der Waals surface area contributed by atoms with E-state index in [0.29, 0.717) is 18.5 Å². The molecule has 1 aliphatic heterocycles. The van der Waals surface area contributed by atoms with Gasteiger partial charge in [0.05, 0.1) is 6.42 Å². The molecule has 1 aliphatic rings. The van der Waals surface area contributed by atoms with Crippen molar-refractivity contribution in [3.8, 4) is 0 Å². The molecule has 0 spiro atoms. The van der Waals surface area contributed by atoms with Gasteiger partial charge in [-0.1, -0.05) is 49.6 Å². The van der Waals surface area contributed by atoms with Crippen LogP contribution in [0.15, 0.2) is 66.9 Å². The minimum absolute atomic E-state index is 0.0442. The molecule has 3 atom stereocenters. The zero-order valence-electron chi connectivity index (χ0n) is 27.2. The summed E-state index contributed by atoms with van der Waals surface area (Å²) in [6.45, 7) is 16.9. The minimum Gasteiger partial charge on any atom is -0.444 e. The number of allylic oxidation sites excluding steroid dienone is 1. The number of hydrogen-bond donors (Lipinski definition) is 4. The fourth-order valence-electron chi connectivity index (χ4n) is 4.74. The standard InChI is InChI=1S/C34H49N5O6/c1-8-26(20-23(2)36-33(44)45-34(5,6)7)22-35-31(42)25(4)37-32(43)28(21-30(41)39-19-13-12-14-24(39)3)38-29(40)18-17-27-15-10-9-11-16-27/h8-11,15-16,20,24-25,28H,1-2,12-14,17-19,21-22H2,3-7H3,(H,35,42)(H,36,44)(H,37,43)(H,38,40)/b26-20+/t24-,25-,28-/m0/s1. The number of hydrogen-bond acceptors (Lipinski definition) is 6. The predicted molar refractivity (Wildman–Crippen MR) is 174 cm³/mol. The maximum Gasteiger partial charge on any atom is 0.412 e. The first-order valence-electron chi connectivity index (χ1n) is 15.4. The maximum absolute atomic E-state index is 13.3. The molecule has 0 aromatic heterocycles. The lowest BCUT2D eigenvalue weighted by Gasteiger charge is -2.34. The highest BCUT2D eigenvalue weighted by atomic mass is 16.6. The Morgan fingerprint density at radius 2 is 1.76 bits per heavy atom. The van der Waals surface area contributed by atoms with E-state index in [1.165, 1.54) is 19.1 Å². The highest BCUT2D eigenvalue weighted by molar-refractivity contribution is 5.95. The second kappa shape index (κ2) is 17.8. The molecular weight excluding hydrogens is 574 g/mol. The Bertz CT molecular complexity index is 1250. The monoisotopic (exact) mass is 623 g/mol. The van der Waals surface area contributed by atoms with Crippen molar-refractivity contribution in [2.45, 2.75) is 96.9 Å². The van der Waals surface area contributed by atoms with Gasteiger partial charge in [0.1, 0.15) is 17.7 Å². The molecule has 1 aromatic carbocycles. The molecule has 1 heterocycles. The third-order valence-corrected chi connectivity index (χ3v) is 7.14. The van der Waals surface area contributed by atoms with E-state index in [0.717, 1.165) is 24.8 Å². The lowest BCUT2D eigenvalue weighted by atomic mass is 10.0. The number of ether oxygens (including phenoxy) is 1. The van der Waals surface area contributed by atoms with E-state index >= 15 is 0 Å². The highest BCUT2D eigenvalue weighted by Gasteiger charge is 2.31. The molecule has 0 bridgehead atoms. The van der Waals surface area contributed by atoms with Crippen LogP contribution in [0.2, 0.25) is 0 Å². The van der Waals surface area contributed by atoms with Crippen molar-refractivity contribution in [2.75, 3.05) is 13.1 Å². The zero-order chi connectivity index (χ0) is 33.6. The van der Waals surface area contributed by atoms with Crippen molar-refractivity contribution in [1.29, 1.82) is 0 Å². The van der Waals surface area contributed by atoms with Gasteiger partial charge in [-0.2, -0.15) is 0 Å². The fourth-order valence-corrected chi connectivity index (χ4v) is 4.74. The first-order chi connectivity index (χ1) is 21.2. The first-order valence-corrected chi connectivity index (χ1v) is 15.4. The van der Waals surface area contributed by atoms with Crippen molar-refractivity contribution in [3.63, 3.8) is 0 Å². The van der Waals surface area contributed by atoms with Gasteiger partial charge in [0.25, 0.3) is 0 Å². The Morgan fingerprint density at radius 3 is 2.38 bits per heavy atom. The van der Waals surface area contributed by atoms with Gasteiger partial charge in [-0.3, -0.25) is 24.5 Å². The molecule has 0 unspecified atom stereocenters. The smallest absolute Gasteiger partial charge is 0.412 e. The SMILES string of the molecule is C=C/C(=C\C(=C)NC(=O)OC(C)(C)C)CNC(=O)[C@H](C)NC(=O)[C@H](CC(=O)N1CCCC[C@@H]1C)NC(=O)CCc1ccccc1. The number of carbonyl (C=O) groups is 5. The van der Waals surface area contributed by atoms with E-state index < -0.39 is 35.6 Å². The Hall–Kier alpha value is -4.41. The summed E-state index contributed by atoms with van der Waals surface area (Å²) in [5, 5.41) is 10.6. The van der Waals surface area contributed by atoms with Crippen LogP contribution >= 0.6 is 0 Å². The van der Waals surface area contributed by atoms with Gasteiger partial charge in [-0.05, 0) is 77.5 Å². The third kappa shape index (κ3) is 13.8. The van der Waals surface area contributed by atoms with Crippen LogP contribution < -0.4 is 21.3 Å². The number of rotatable bonds is 14. The second-order valence-corrected chi connectivity index (χ2v) is 12.3. The number of likely N-dealkylation sites (tertiary alicyclic amines) is 1.